The van der Waals surface area contributed by atoms with Crippen molar-refractivity contribution in [2.75, 3.05) is 12.4 Å². The third kappa shape index (κ3) is 7.19. The molecular weight excluding hydrogens is 567 g/mol. The van der Waals surface area contributed by atoms with E-state index in [0.29, 0.717) is 17.7 Å². The van der Waals surface area contributed by atoms with E-state index in [-0.39, 0.29) is 22.3 Å². The minimum absolute atomic E-state index is 0.00187. The molecule has 208 valence electrons. The van der Waals surface area contributed by atoms with Crippen LogP contribution in [0.25, 0.3) is 0 Å². The Kier molecular flexibility index (Phi) is 8.85. The van der Waals surface area contributed by atoms with Crippen molar-refractivity contribution >= 4 is 46.7 Å². The molecule has 0 aromatic heterocycles. The van der Waals surface area contributed by atoms with E-state index in [1.807, 2.05) is 10.7 Å². The van der Waals surface area contributed by atoms with Crippen molar-refractivity contribution in [2.45, 2.75) is 6.18 Å². The molecule has 0 saturated carbocycles. The van der Waals surface area contributed by atoms with Crippen LogP contribution in [0, 0.1) is 20.2 Å². The smallest absolute Gasteiger partial charge is 0.416 e. The average Bonchev–Trinajstić information content (AvgIpc) is 2.89. The first-order chi connectivity index (χ1) is 18.8. The number of nitrogens with one attached hydrogen (secondary N) is 2. The first kappa shape index (κ1) is 29.3. The number of carbonyl (C=O) groups is 2. The summed E-state index contributed by atoms with van der Waals surface area (Å²) in [4.78, 5) is 44.7. The number of carbonyl (C=O) groups excluding carboxylic acids is 2. The van der Waals surface area contributed by atoms with Gasteiger partial charge in [-0.05, 0) is 48.0 Å². The zero-order chi connectivity index (χ0) is 29.6. The molecule has 0 heterocycles. The van der Waals surface area contributed by atoms with Crippen LogP contribution in [-0.2, 0) is 15.8 Å². The predicted octanol–water partition coefficient (Wildman–Crippen LogP) is 5.06. The molecule has 0 aliphatic carbocycles. The van der Waals surface area contributed by atoms with Gasteiger partial charge in [-0.3, -0.25) is 29.8 Å². The molecule has 0 atom stereocenters. The Morgan fingerprint density at radius 3 is 2.27 bits per heavy atom. The zero-order valence-corrected chi connectivity index (χ0v) is 20.6. The summed E-state index contributed by atoms with van der Waals surface area (Å²) < 4.78 is 49.3. The van der Waals surface area contributed by atoms with E-state index in [2.05, 4.69) is 5.10 Å². The number of nitro benzene ring substituents is 2. The van der Waals surface area contributed by atoms with Crippen molar-refractivity contribution in [3.8, 4) is 17.2 Å². The second-order valence-electron chi connectivity index (χ2n) is 7.52. The van der Waals surface area contributed by atoms with E-state index in [0.717, 1.165) is 30.5 Å². The third-order valence-corrected chi connectivity index (χ3v) is 5.22. The zero-order valence-electron chi connectivity index (χ0n) is 19.9. The highest BCUT2D eigenvalue weighted by Gasteiger charge is 2.31. The summed E-state index contributed by atoms with van der Waals surface area (Å²) in [5, 5.41) is 27.6. The monoisotopic (exact) mass is 581 g/mol. The molecule has 0 aliphatic heterocycles. The van der Waals surface area contributed by atoms with Crippen molar-refractivity contribution in [1.82, 2.24) is 5.43 Å². The minimum atomic E-state index is -4.70. The van der Waals surface area contributed by atoms with Gasteiger partial charge in [-0.1, -0.05) is 11.6 Å². The lowest BCUT2D eigenvalue weighted by molar-refractivity contribution is -0.394. The Balaban J connectivity index is 1.70. The van der Waals surface area contributed by atoms with Crippen LogP contribution in [0.2, 0.25) is 5.02 Å². The second kappa shape index (κ2) is 12.1. The highest BCUT2D eigenvalue weighted by Crippen LogP contribution is 2.38. The van der Waals surface area contributed by atoms with Crippen LogP contribution in [0.4, 0.5) is 30.2 Å². The maximum atomic E-state index is 12.9. The fourth-order valence-electron chi connectivity index (χ4n) is 3.01. The number of halogens is 4. The van der Waals surface area contributed by atoms with Crippen LogP contribution in [0.3, 0.4) is 0 Å². The lowest BCUT2D eigenvalue weighted by Gasteiger charge is -2.11. The number of nitro groups is 2. The van der Waals surface area contributed by atoms with Gasteiger partial charge >= 0.3 is 23.7 Å². The van der Waals surface area contributed by atoms with E-state index in [9.17, 15) is 43.0 Å². The van der Waals surface area contributed by atoms with E-state index in [1.54, 1.807) is 0 Å². The highest BCUT2D eigenvalue weighted by atomic mass is 35.5. The Bertz CT molecular complexity index is 1530. The van der Waals surface area contributed by atoms with Gasteiger partial charge in [-0.25, -0.2) is 5.43 Å². The van der Waals surface area contributed by atoms with Crippen LogP contribution in [0.1, 0.15) is 11.1 Å². The van der Waals surface area contributed by atoms with Gasteiger partial charge in [0, 0.05) is 6.07 Å². The molecule has 3 rings (SSSR count). The molecule has 2 amide bonds. The number of non-ortho nitro benzene ring substituents is 1. The van der Waals surface area contributed by atoms with Crippen molar-refractivity contribution < 1.29 is 42.1 Å². The van der Waals surface area contributed by atoms with E-state index in [4.69, 9.17) is 21.1 Å². The fraction of sp³-hybridized carbons (Fsp3) is 0.0870. The molecule has 2 N–H and O–H groups in total. The first-order valence-electron chi connectivity index (χ1n) is 10.6. The van der Waals surface area contributed by atoms with Crippen LogP contribution >= 0.6 is 11.6 Å². The molecule has 40 heavy (non-hydrogen) atoms. The number of hydrazone groups is 1. The summed E-state index contributed by atoms with van der Waals surface area (Å²) in [6.07, 6.45) is -3.61. The summed E-state index contributed by atoms with van der Waals surface area (Å²) >= 11 is 5.79. The van der Waals surface area contributed by atoms with Crippen LogP contribution in [0.15, 0.2) is 59.7 Å². The van der Waals surface area contributed by atoms with Gasteiger partial charge in [0.2, 0.25) is 5.75 Å². The topological polar surface area (TPSA) is 175 Å². The summed E-state index contributed by atoms with van der Waals surface area (Å²) in [5.74, 6) is -2.90. The number of ether oxygens (including phenoxy) is 2. The summed E-state index contributed by atoms with van der Waals surface area (Å²) in [7, 11) is 1.26. The van der Waals surface area contributed by atoms with E-state index in [1.165, 1.54) is 25.3 Å². The van der Waals surface area contributed by atoms with Crippen LogP contribution < -0.4 is 20.2 Å². The SMILES string of the molecule is COc1cc(C=NNC(=O)C(=O)Nc2cc(C(F)(F)F)ccc2Cl)ccc1Oc1ccc([N+](=O)[O-])cc1[N+](=O)[O-]. The summed E-state index contributed by atoms with van der Waals surface area (Å²) in [6.45, 7) is 0. The maximum absolute atomic E-state index is 12.9. The lowest BCUT2D eigenvalue weighted by Crippen LogP contribution is -2.32. The fourth-order valence-corrected chi connectivity index (χ4v) is 3.17. The predicted molar refractivity (Wildman–Crippen MR) is 134 cm³/mol. The minimum Gasteiger partial charge on any atom is -0.493 e. The van der Waals surface area contributed by atoms with E-state index < -0.39 is 50.5 Å². The Morgan fingerprint density at radius 1 is 0.950 bits per heavy atom. The number of hydrogen-bond donors (Lipinski definition) is 2. The van der Waals surface area contributed by atoms with Gasteiger partial charge in [-0.15, -0.1) is 0 Å². The molecule has 3 aromatic rings. The quantitative estimate of drug-likeness (QED) is 0.160. The molecule has 3 aromatic carbocycles. The molecule has 0 radical (unpaired) electrons. The first-order valence-corrected chi connectivity index (χ1v) is 11.0. The molecule has 0 aliphatic rings. The van der Waals surface area contributed by atoms with Gasteiger partial charge in [0.25, 0.3) is 5.69 Å². The third-order valence-electron chi connectivity index (χ3n) is 4.89. The number of methoxy groups -OCH3 is 1. The summed E-state index contributed by atoms with van der Waals surface area (Å²) in [5.41, 5.74) is -0.502. The molecule has 0 bridgehead atoms. The lowest BCUT2D eigenvalue weighted by atomic mass is 10.2. The average molecular weight is 582 g/mol. The van der Waals surface area contributed by atoms with Crippen molar-refractivity contribution in [1.29, 1.82) is 0 Å². The number of nitrogens with zero attached hydrogens (tertiary/aromatic N) is 3. The largest absolute Gasteiger partial charge is 0.493 e. The van der Waals surface area contributed by atoms with Crippen molar-refractivity contribution in [3.05, 3.63) is 91.0 Å². The number of rotatable bonds is 8. The number of amides is 2. The molecule has 0 fully saturated rings. The second-order valence-corrected chi connectivity index (χ2v) is 7.93. The standard InChI is InChI=1S/C23H15ClF3N5O8/c1-39-20-8-12(2-6-19(20)40-18-7-4-14(31(35)36)10-17(18)32(37)38)11-28-30-22(34)21(33)29-16-9-13(23(25,26)27)3-5-15(16)24/h2-11H,1H3,(H,29,33)(H,30,34). The number of anilines is 1. The number of benzene rings is 3. The van der Waals surface area contributed by atoms with Crippen molar-refractivity contribution in [3.63, 3.8) is 0 Å². The summed E-state index contributed by atoms with van der Waals surface area (Å²) in [6, 6.07) is 9.08. The van der Waals surface area contributed by atoms with Gasteiger partial charge in [0.15, 0.2) is 11.5 Å². The maximum Gasteiger partial charge on any atom is 0.416 e. The Labute approximate surface area is 226 Å². The van der Waals surface area contributed by atoms with Gasteiger partial charge in [-0.2, -0.15) is 18.3 Å². The molecule has 17 heteroatoms. The van der Waals surface area contributed by atoms with Gasteiger partial charge < -0.3 is 14.8 Å². The van der Waals surface area contributed by atoms with Crippen molar-refractivity contribution in [2.24, 2.45) is 5.10 Å². The molecular formula is C23H15ClF3N5O8. The van der Waals surface area contributed by atoms with Gasteiger partial charge in [0.05, 0.1) is 45.5 Å². The highest BCUT2D eigenvalue weighted by molar-refractivity contribution is 6.41. The molecule has 13 nitrogen and oxygen atoms in total. The van der Waals surface area contributed by atoms with Crippen LogP contribution in [0.5, 0.6) is 17.2 Å². The molecule has 0 saturated heterocycles. The van der Waals surface area contributed by atoms with Crippen LogP contribution in [-0.4, -0.2) is 35.0 Å². The van der Waals surface area contributed by atoms with Gasteiger partial charge in [0.1, 0.15) is 0 Å². The van der Waals surface area contributed by atoms with E-state index >= 15 is 0 Å². The Morgan fingerprint density at radius 2 is 1.65 bits per heavy atom. The Hall–Kier alpha value is -5.25. The number of hydrogen-bond acceptors (Lipinski definition) is 9. The normalized spacial score (nSPS) is 11.1. The number of alkyl halides is 3. The molecule has 0 unspecified atom stereocenters. The molecule has 0 spiro atoms.